The molecule has 2 aromatic carbocycles. The average molecular weight is 519 g/mol. The molecule has 2 N–H and O–H groups in total. The van der Waals surface area contributed by atoms with Gasteiger partial charge in [-0.3, -0.25) is 4.79 Å². The molecule has 0 amide bonds. The lowest BCUT2D eigenvalue weighted by Crippen LogP contribution is -2.57. The molecule has 0 saturated carbocycles. The molecule has 2 fully saturated rings. The molecule has 36 heavy (non-hydrogen) atoms. The third kappa shape index (κ3) is 5.71. The highest BCUT2D eigenvalue weighted by molar-refractivity contribution is 6.31. The molecule has 0 unspecified atom stereocenters. The number of hydrogen-bond acceptors (Lipinski definition) is 7. The van der Waals surface area contributed by atoms with Gasteiger partial charge in [-0.15, -0.1) is 0 Å². The van der Waals surface area contributed by atoms with E-state index in [-0.39, 0.29) is 19.0 Å². The van der Waals surface area contributed by atoms with Crippen molar-refractivity contribution in [2.75, 3.05) is 19.8 Å². The smallest absolute Gasteiger partial charge is 0.305 e. The van der Waals surface area contributed by atoms with E-state index in [0.717, 1.165) is 22.4 Å². The van der Waals surface area contributed by atoms with Crippen LogP contribution in [0.15, 0.2) is 42.5 Å². The third-order valence-electron chi connectivity index (χ3n) is 6.99. The zero-order chi connectivity index (χ0) is 26.0. The number of aliphatic hydroxyl groups excluding tert-OH is 1. The Balaban J connectivity index is 1.43. The van der Waals surface area contributed by atoms with Gasteiger partial charge >= 0.3 is 5.97 Å². The second kappa shape index (κ2) is 10.7. The first-order chi connectivity index (χ1) is 17.1. The van der Waals surface area contributed by atoms with Crippen LogP contribution in [-0.4, -0.2) is 53.3 Å². The Labute approximate surface area is 217 Å². The fourth-order valence-electron chi connectivity index (χ4n) is 4.89. The first-order valence-corrected chi connectivity index (χ1v) is 12.8. The Kier molecular flexibility index (Phi) is 7.98. The van der Waals surface area contributed by atoms with E-state index in [2.05, 4.69) is 0 Å². The van der Waals surface area contributed by atoms with E-state index in [1.54, 1.807) is 20.8 Å². The minimum Gasteiger partial charge on any atom is -0.494 e. The van der Waals surface area contributed by atoms with Gasteiger partial charge in [-0.2, -0.15) is 0 Å². The molecule has 3 atom stereocenters. The quantitative estimate of drug-likeness (QED) is 0.353. The van der Waals surface area contributed by atoms with E-state index < -0.39 is 23.1 Å². The summed E-state index contributed by atoms with van der Waals surface area (Å²) in [5.41, 5.74) is 0.575. The van der Waals surface area contributed by atoms with Gasteiger partial charge in [0.2, 0.25) is 0 Å². The van der Waals surface area contributed by atoms with E-state index in [1.807, 2.05) is 42.5 Å². The first kappa shape index (κ1) is 26.9. The monoisotopic (exact) mass is 518 g/mol. The molecule has 4 rings (SSSR count). The summed E-state index contributed by atoms with van der Waals surface area (Å²) in [7, 11) is 0. The van der Waals surface area contributed by atoms with Crippen LogP contribution in [0.1, 0.15) is 63.1 Å². The van der Waals surface area contributed by atoms with Crippen LogP contribution >= 0.6 is 11.6 Å². The SMILES string of the molecule is CCOC(=O)CCCOc1ccc(Cc2cc([C@]34C[C@@H](O)C[C@](C(C)(C)O)(CO3)O4)ccc2Cl)cc1. The fourth-order valence-corrected chi connectivity index (χ4v) is 5.08. The summed E-state index contributed by atoms with van der Waals surface area (Å²) in [5.74, 6) is -0.608. The molecule has 196 valence electrons. The molecule has 0 aromatic heterocycles. The fraction of sp³-hybridized carbons (Fsp3) is 0.536. The number of carbonyl (C=O) groups is 1. The van der Waals surface area contributed by atoms with Gasteiger partial charge in [0.25, 0.3) is 0 Å². The predicted octanol–water partition coefficient (Wildman–Crippen LogP) is 4.52. The number of benzene rings is 2. The van der Waals surface area contributed by atoms with Crippen LogP contribution in [-0.2, 0) is 31.2 Å². The van der Waals surface area contributed by atoms with Crippen molar-refractivity contribution in [3.8, 4) is 5.75 Å². The van der Waals surface area contributed by atoms with Gasteiger partial charge in [-0.25, -0.2) is 0 Å². The molecule has 0 radical (unpaired) electrons. The minimum atomic E-state index is -1.17. The van der Waals surface area contributed by atoms with Gasteiger partial charge in [0, 0.05) is 29.8 Å². The first-order valence-electron chi connectivity index (χ1n) is 12.5. The average Bonchev–Trinajstić information content (AvgIpc) is 3.12. The third-order valence-corrected chi connectivity index (χ3v) is 7.35. The van der Waals surface area contributed by atoms with Crippen LogP contribution in [0.3, 0.4) is 0 Å². The number of fused-ring (bicyclic) bond motifs is 2. The lowest BCUT2D eigenvalue weighted by molar-refractivity contribution is -0.274. The lowest BCUT2D eigenvalue weighted by atomic mass is 9.78. The molecule has 0 aliphatic carbocycles. The molecule has 2 saturated heterocycles. The number of ether oxygens (including phenoxy) is 4. The van der Waals surface area contributed by atoms with E-state index in [4.69, 9.17) is 30.5 Å². The van der Waals surface area contributed by atoms with E-state index in [0.29, 0.717) is 43.9 Å². The number of aliphatic hydroxyl groups is 2. The molecule has 2 aromatic rings. The molecule has 0 spiro atoms. The van der Waals surface area contributed by atoms with Crippen LogP contribution in [0.5, 0.6) is 5.75 Å². The second-order valence-corrected chi connectivity index (χ2v) is 10.6. The van der Waals surface area contributed by atoms with Gasteiger partial charge < -0.3 is 29.2 Å². The maximum absolute atomic E-state index is 11.4. The summed E-state index contributed by atoms with van der Waals surface area (Å²) in [6.45, 7) is 6.19. The Bertz CT molecular complexity index is 1060. The molecule has 2 aliphatic heterocycles. The Morgan fingerprint density at radius 3 is 2.64 bits per heavy atom. The zero-order valence-corrected chi connectivity index (χ0v) is 21.8. The van der Waals surface area contributed by atoms with Crippen molar-refractivity contribution in [3.63, 3.8) is 0 Å². The highest BCUT2D eigenvalue weighted by Crippen LogP contribution is 2.53. The Hall–Kier alpha value is -2.16. The molecule has 7 nitrogen and oxygen atoms in total. The normalized spacial score (nSPS) is 25.6. The summed E-state index contributed by atoms with van der Waals surface area (Å²) in [4.78, 5) is 11.4. The second-order valence-electron chi connectivity index (χ2n) is 10.1. The van der Waals surface area contributed by atoms with Crippen LogP contribution < -0.4 is 4.74 Å². The predicted molar refractivity (Wildman–Crippen MR) is 135 cm³/mol. The van der Waals surface area contributed by atoms with Gasteiger partial charge in [0.15, 0.2) is 5.79 Å². The van der Waals surface area contributed by atoms with Crippen LogP contribution in [0.25, 0.3) is 0 Å². The maximum atomic E-state index is 11.4. The minimum absolute atomic E-state index is 0.201. The number of rotatable bonds is 10. The van der Waals surface area contributed by atoms with Gasteiger partial charge in [-0.1, -0.05) is 29.8 Å². The van der Waals surface area contributed by atoms with Gasteiger partial charge in [0.1, 0.15) is 11.4 Å². The van der Waals surface area contributed by atoms with Crippen LogP contribution in [0.2, 0.25) is 5.02 Å². The summed E-state index contributed by atoms with van der Waals surface area (Å²) >= 11 is 6.54. The van der Waals surface area contributed by atoms with Crippen LogP contribution in [0, 0.1) is 0 Å². The largest absolute Gasteiger partial charge is 0.494 e. The zero-order valence-electron chi connectivity index (χ0n) is 21.1. The molecule has 2 aliphatic rings. The molecule has 2 bridgehead atoms. The van der Waals surface area contributed by atoms with E-state index in [1.165, 1.54) is 0 Å². The summed E-state index contributed by atoms with van der Waals surface area (Å²) in [5, 5.41) is 22.0. The Morgan fingerprint density at radius 2 is 1.94 bits per heavy atom. The molecular weight excluding hydrogens is 484 g/mol. The highest BCUT2D eigenvalue weighted by atomic mass is 35.5. The number of carbonyl (C=O) groups excluding carboxylic acids is 1. The molecular formula is C28H35ClO7. The van der Waals surface area contributed by atoms with E-state index in [9.17, 15) is 15.0 Å². The van der Waals surface area contributed by atoms with Crippen molar-refractivity contribution in [1.82, 2.24) is 0 Å². The lowest BCUT2D eigenvalue weighted by Gasteiger charge is -2.45. The number of esters is 1. The van der Waals surface area contributed by atoms with E-state index >= 15 is 0 Å². The summed E-state index contributed by atoms with van der Waals surface area (Å²) in [6, 6.07) is 13.4. The van der Waals surface area contributed by atoms with Gasteiger partial charge in [0.05, 0.1) is 31.5 Å². The van der Waals surface area contributed by atoms with Crippen LogP contribution in [0.4, 0.5) is 0 Å². The summed E-state index contributed by atoms with van der Waals surface area (Å²) < 4.78 is 23.2. The number of halogens is 1. The number of hydrogen-bond donors (Lipinski definition) is 2. The van der Waals surface area contributed by atoms with Crippen molar-refractivity contribution >= 4 is 17.6 Å². The topological polar surface area (TPSA) is 94.5 Å². The van der Waals surface area contributed by atoms with Crippen molar-refractivity contribution in [2.24, 2.45) is 0 Å². The molecule has 8 heteroatoms. The van der Waals surface area contributed by atoms with Crippen molar-refractivity contribution in [2.45, 2.75) is 76.0 Å². The summed E-state index contributed by atoms with van der Waals surface area (Å²) in [6.07, 6.45) is 1.47. The van der Waals surface area contributed by atoms with Crippen molar-refractivity contribution in [1.29, 1.82) is 0 Å². The highest BCUT2D eigenvalue weighted by Gasteiger charge is 2.62. The maximum Gasteiger partial charge on any atom is 0.305 e. The standard InChI is InChI=1S/C28H35ClO7/c1-4-33-25(31)6-5-13-34-23-10-7-19(8-11-23)14-20-15-21(9-12-24(20)29)28-17-22(30)16-27(36-28,18-35-28)26(2,3)32/h7-12,15,22,30,32H,4-6,13-14,16-18H2,1-3H3/t22-,27+,28+/m0/s1. The molecule has 2 heterocycles. The Morgan fingerprint density at radius 1 is 1.19 bits per heavy atom. The van der Waals surface area contributed by atoms with Crippen molar-refractivity contribution < 1.29 is 34.0 Å². The van der Waals surface area contributed by atoms with Gasteiger partial charge in [-0.05, 0) is 69.0 Å². The van der Waals surface area contributed by atoms with Crippen molar-refractivity contribution in [3.05, 3.63) is 64.2 Å².